The van der Waals surface area contributed by atoms with Gasteiger partial charge in [-0.3, -0.25) is 11.3 Å². The fourth-order valence-corrected chi connectivity index (χ4v) is 3.21. The molecule has 0 aromatic carbocycles. The molecule has 1 aliphatic carbocycles. The molecule has 0 aromatic heterocycles. The Hall–Kier alpha value is -0.120. The zero-order valence-corrected chi connectivity index (χ0v) is 10.5. The summed E-state index contributed by atoms with van der Waals surface area (Å²) < 4.78 is 5.96. The maximum atomic E-state index is 5.96. The summed E-state index contributed by atoms with van der Waals surface area (Å²) in [6.45, 7) is 3.18. The van der Waals surface area contributed by atoms with Crippen LogP contribution < -0.4 is 11.3 Å². The second kappa shape index (κ2) is 5.48. The van der Waals surface area contributed by atoms with Gasteiger partial charge in [-0.2, -0.15) is 0 Å². The maximum absolute atomic E-state index is 5.96. The van der Waals surface area contributed by atoms with Gasteiger partial charge in [0.05, 0.1) is 5.60 Å². The predicted octanol–water partition coefficient (Wildman–Crippen LogP) is 2.36. The molecular weight excluding hydrogens is 200 g/mol. The lowest BCUT2D eigenvalue weighted by Gasteiger charge is -2.48. The van der Waals surface area contributed by atoms with Crippen molar-refractivity contribution in [3.8, 4) is 0 Å². The van der Waals surface area contributed by atoms with Crippen molar-refractivity contribution in [1.29, 1.82) is 0 Å². The quantitative estimate of drug-likeness (QED) is 0.559. The van der Waals surface area contributed by atoms with Crippen molar-refractivity contribution in [1.82, 2.24) is 5.43 Å². The molecule has 0 bridgehead atoms. The SMILES string of the molecule is CCCCC(NN)C1CCOC2(CCC2)C1. The Morgan fingerprint density at radius 1 is 1.50 bits per heavy atom. The van der Waals surface area contributed by atoms with E-state index in [1.165, 1.54) is 51.4 Å². The number of hydrogen-bond donors (Lipinski definition) is 2. The molecule has 1 aliphatic heterocycles. The van der Waals surface area contributed by atoms with E-state index in [-0.39, 0.29) is 5.60 Å². The van der Waals surface area contributed by atoms with Crippen LogP contribution in [0, 0.1) is 5.92 Å². The second-order valence-corrected chi connectivity index (χ2v) is 5.55. The summed E-state index contributed by atoms with van der Waals surface area (Å²) in [5.74, 6) is 6.43. The van der Waals surface area contributed by atoms with Crippen LogP contribution >= 0.6 is 0 Å². The molecule has 0 amide bonds. The molecule has 0 aromatic rings. The minimum Gasteiger partial charge on any atom is -0.375 e. The van der Waals surface area contributed by atoms with Crippen LogP contribution in [0.25, 0.3) is 0 Å². The van der Waals surface area contributed by atoms with Gasteiger partial charge >= 0.3 is 0 Å². The Morgan fingerprint density at radius 2 is 2.31 bits per heavy atom. The summed E-state index contributed by atoms with van der Waals surface area (Å²) in [5, 5.41) is 0. The lowest BCUT2D eigenvalue weighted by molar-refractivity contribution is -0.147. The minimum absolute atomic E-state index is 0.254. The van der Waals surface area contributed by atoms with E-state index in [1.54, 1.807) is 0 Å². The number of hydrazine groups is 1. The average Bonchev–Trinajstić information content (AvgIpc) is 2.28. The van der Waals surface area contributed by atoms with Crippen LogP contribution in [0.2, 0.25) is 0 Å². The fraction of sp³-hybridized carbons (Fsp3) is 1.00. The standard InChI is InChI=1S/C13H26N2O/c1-2-3-5-12(15-14)11-6-9-16-13(10-11)7-4-8-13/h11-12,15H,2-10,14H2,1H3. The van der Waals surface area contributed by atoms with Gasteiger partial charge in [0.2, 0.25) is 0 Å². The Bertz CT molecular complexity index is 216. The van der Waals surface area contributed by atoms with E-state index in [4.69, 9.17) is 10.6 Å². The van der Waals surface area contributed by atoms with Crippen molar-refractivity contribution in [2.24, 2.45) is 11.8 Å². The summed E-state index contributed by atoms with van der Waals surface area (Å²) in [7, 11) is 0. The van der Waals surface area contributed by atoms with Crippen molar-refractivity contribution in [2.75, 3.05) is 6.61 Å². The minimum atomic E-state index is 0.254. The molecule has 3 nitrogen and oxygen atoms in total. The smallest absolute Gasteiger partial charge is 0.0685 e. The summed E-state index contributed by atoms with van der Waals surface area (Å²) in [4.78, 5) is 0. The molecule has 2 atom stereocenters. The predicted molar refractivity (Wildman–Crippen MR) is 65.9 cm³/mol. The van der Waals surface area contributed by atoms with Gasteiger partial charge in [-0.1, -0.05) is 19.8 Å². The third-order valence-electron chi connectivity index (χ3n) is 4.45. The first-order valence-corrected chi connectivity index (χ1v) is 6.90. The molecule has 16 heavy (non-hydrogen) atoms. The van der Waals surface area contributed by atoms with E-state index in [0.29, 0.717) is 6.04 Å². The van der Waals surface area contributed by atoms with Gasteiger partial charge in [-0.15, -0.1) is 0 Å². The first-order valence-electron chi connectivity index (χ1n) is 6.90. The number of hydrogen-bond acceptors (Lipinski definition) is 3. The highest BCUT2D eigenvalue weighted by atomic mass is 16.5. The number of nitrogens with one attached hydrogen (secondary N) is 1. The number of rotatable bonds is 5. The molecular formula is C13H26N2O. The number of unbranched alkanes of at least 4 members (excludes halogenated alkanes) is 1. The topological polar surface area (TPSA) is 47.3 Å². The molecule has 1 saturated carbocycles. The van der Waals surface area contributed by atoms with Crippen LogP contribution in [-0.2, 0) is 4.74 Å². The number of ether oxygens (including phenoxy) is 1. The summed E-state index contributed by atoms with van der Waals surface area (Å²) >= 11 is 0. The molecule has 0 radical (unpaired) electrons. The Kier molecular flexibility index (Phi) is 4.22. The summed E-state index contributed by atoms with van der Waals surface area (Å²) in [5.41, 5.74) is 3.29. The zero-order valence-electron chi connectivity index (χ0n) is 10.5. The fourth-order valence-electron chi connectivity index (χ4n) is 3.21. The molecule has 2 rings (SSSR count). The van der Waals surface area contributed by atoms with Gasteiger partial charge < -0.3 is 4.74 Å². The first-order chi connectivity index (χ1) is 7.79. The van der Waals surface area contributed by atoms with E-state index in [0.717, 1.165) is 12.5 Å². The third-order valence-corrected chi connectivity index (χ3v) is 4.45. The van der Waals surface area contributed by atoms with Gasteiger partial charge in [-0.05, 0) is 44.4 Å². The Labute approximate surface area is 99.1 Å². The van der Waals surface area contributed by atoms with Gasteiger partial charge in [0, 0.05) is 12.6 Å². The van der Waals surface area contributed by atoms with Gasteiger partial charge in [-0.25, -0.2) is 0 Å². The monoisotopic (exact) mass is 226 g/mol. The van der Waals surface area contributed by atoms with Gasteiger partial charge in [0.1, 0.15) is 0 Å². The van der Waals surface area contributed by atoms with Crippen molar-refractivity contribution in [3.05, 3.63) is 0 Å². The van der Waals surface area contributed by atoms with Crippen molar-refractivity contribution in [2.45, 2.75) is 69.9 Å². The maximum Gasteiger partial charge on any atom is 0.0685 e. The van der Waals surface area contributed by atoms with E-state index in [9.17, 15) is 0 Å². The van der Waals surface area contributed by atoms with E-state index in [1.807, 2.05) is 0 Å². The van der Waals surface area contributed by atoms with Crippen LogP contribution in [0.15, 0.2) is 0 Å². The molecule has 3 heteroatoms. The van der Waals surface area contributed by atoms with Gasteiger partial charge in [0.25, 0.3) is 0 Å². The zero-order chi connectivity index (χ0) is 11.4. The van der Waals surface area contributed by atoms with Crippen LogP contribution in [0.1, 0.15) is 58.3 Å². The number of nitrogens with two attached hydrogens (primary N) is 1. The van der Waals surface area contributed by atoms with Crippen molar-refractivity contribution >= 4 is 0 Å². The van der Waals surface area contributed by atoms with Crippen molar-refractivity contribution < 1.29 is 4.74 Å². The van der Waals surface area contributed by atoms with E-state index in [2.05, 4.69) is 12.3 Å². The summed E-state index contributed by atoms with van der Waals surface area (Å²) in [6.07, 6.45) is 10.1. The van der Waals surface area contributed by atoms with Crippen LogP contribution in [0.5, 0.6) is 0 Å². The highest BCUT2D eigenvalue weighted by molar-refractivity contribution is 4.96. The molecule has 2 aliphatic rings. The highest BCUT2D eigenvalue weighted by Crippen LogP contribution is 2.45. The Balaban J connectivity index is 1.86. The first kappa shape index (κ1) is 12.3. The Morgan fingerprint density at radius 3 is 2.88 bits per heavy atom. The highest BCUT2D eigenvalue weighted by Gasteiger charge is 2.43. The van der Waals surface area contributed by atoms with E-state index >= 15 is 0 Å². The second-order valence-electron chi connectivity index (χ2n) is 5.55. The largest absolute Gasteiger partial charge is 0.375 e. The van der Waals surface area contributed by atoms with Crippen LogP contribution in [0.3, 0.4) is 0 Å². The molecule has 1 heterocycles. The van der Waals surface area contributed by atoms with E-state index < -0.39 is 0 Å². The van der Waals surface area contributed by atoms with Gasteiger partial charge in [0.15, 0.2) is 0 Å². The van der Waals surface area contributed by atoms with Crippen LogP contribution in [0.4, 0.5) is 0 Å². The molecule has 3 N–H and O–H groups in total. The average molecular weight is 226 g/mol. The summed E-state index contributed by atoms with van der Waals surface area (Å²) in [6, 6.07) is 0.501. The van der Waals surface area contributed by atoms with Crippen molar-refractivity contribution in [3.63, 3.8) is 0 Å². The molecule has 94 valence electrons. The molecule has 2 unspecified atom stereocenters. The molecule has 1 saturated heterocycles. The molecule has 1 spiro atoms. The lowest BCUT2D eigenvalue weighted by atomic mass is 9.70. The lowest BCUT2D eigenvalue weighted by Crippen LogP contribution is -2.51. The third kappa shape index (κ3) is 2.58. The normalized spacial score (nSPS) is 30.0. The van der Waals surface area contributed by atoms with Crippen LogP contribution in [-0.4, -0.2) is 18.2 Å². The molecule has 2 fully saturated rings.